The van der Waals surface area contributed by atoms with Gasteiger partial charge in [0, 0.05) is 5.56 Å². The van der Waals surface area contributed by atoms with Gasteiger partial charge in [-0.2, -0.15) is 0 Å². The summed E-state index contributed by atoms with van der Waals surface area (Å²) in [4.78, 5) is 49.5. The van der Waals surface area contributed by atoms with E-state index in [0.29, 0.717) is 12.4 Å². The molecule has 1 fully saturated rings. The minimum atomic E-state index is -1.47. The molecule has 3 rings (SSSR count). The lowest BCUT2D eigenvalue weighted by Crippen LogP contribution is -2.54. The highest BCUT2D eigenvalue weighted by Gasteiger charge is 2.36. The summed E-state index contributed by atoms with van der Waals surface area (Å²) in [5, 5.41) is 13.4. The zero-order valence-electron chi connectivity index (χ0n) is 16.1. The van der Waals surface area contributed by atoms with E-state index in [-0.39, 0.29) is 28.1 Å². The molecule has 1 heterocycles. The highest BCUT2D eigenvalue weighted by atomic mass is 16.5. The van der Waals surface area contributed by atoms with Crippen molar-refractivity contribution >= 4 is 35.6 Å². The van der Waals surface area contributed by atoms with Gasteiger partial charge in [-0.1, -0.05) is 6.07 Å². The third kappa shape index (κ3) is 4.00. The van der Waals surface area contributed by atoms with Crippen molar-refractivity contribution in [1.82, 2.24) is 5.32 Å². The first-order valence-corrected chi connectivity index (χ1v) is 8.89. The number of carboxylic acids is 1. The average molecular weight is 409 g/mol. The molecule has 0 saturated carbocycles. The van der Waals surface area contributed by atoms with Crippen LogP contribution in [0.2, 0.25) is 0 Å². The number of methoxy groups -OCH3 is 1. The number of carboxylic acid groups (broad SMARTS) is 1. The lowest BCUT2D eigenvalue weighted by molar-refractivity contribution is -0.255. The van der Waals surface area contributed by atoms with Gasteiger partial charge < -0.3 is 19.4 Å². The Balaban J connectivity index is 1.98. The van der Waals surface area contributed by atoms with Crippen LogP contribution in [0, 0.1) is 0 Å². The predicted molar refractivity (Wildman–Crippen MR) is 104 cm³/mol. The second kappa shape index (κ2) is 8.48. The molecule has 0 aliphatic carbocycles. The molecule has 0 aromatic heterocycles. The Kier molecular flexibility index (Phi) is 5.82. The lowest BCUT2D eigenvalue weighted by atomic mass is 10.0. The van der Waals surface area contributed by atoms with E-state index >= 15 is 0 Å². The van der Waals surface area contributed by atoms with E-state index in [1.165, 1.54) is 43.5 Å². The van der Waals surface area contributed by atoms with Crippen molar-refractivity contribution in [3.05, 3.63) is 59.2 Å². The zero-order chi connectivity index (χ0) is 21.8. The number of amides is 4. The summed E-state index contributed by atoms with van der Waals surface area (Å²) in [6, 6.07) is 9.36. The summed E-state index contributed by atoms with van der Waals surface area (Å²) in [5.41, 5.74) is -0.0908. The third-order valence-electron chi connectivity index (χ3n) is 4.26. The lowest BCUT2D eigenvalue weighted by Gasteiger charge is -2.26. The number of barbiturate groups is 1. The van der Waals surface area contributed by atoms with E-state index < -0.39 is 23.8 Å². The quantitative estimate of drug-likeness (QED) is 0.560. The number of hydrogen-bond acceptors (Lipinski definition) is 7. The van der Waals surface area contributed by atoms with Crippen LogP contribution in [0.25, 0.3) is 6.08 Å². The normalized spacial score (nSPS) is 15.2. The second-order valence-electron chi connectivity index (χ2n) is 6.13. The molecule has 0 spiro atoms. The molecule has 0 bridgehead atoms. The predicted octanol–water partition coefficient (Wildman–Crippen LogP) is 1.12. The average Bonchev–Trinajstić information content (AvgIpc) is 2.72. The van der Waals surface area contributed by atoms with E-state index in [1.807, 2.05) is 6.92 Å². The van der Waals surface area contributed by atoms with Crippen LogP contribution in [0.15, 0.2) is 48.0 Å². The molecule has 154 valence electrons. The Morgan fingerprint density at radius 3 is 2.43 bits per heavy atom. The van der Waals surface area contributed by atoms with Crippen LogP contribution in [0.3, 0.4) is 0 Å². The number of carbonyl (C=O) groups excluding carboxylic acids is 4. The number of anilines is 1. The number of nitrogens with one attached hydrogen (secondary N) is 1. The van der Waals surface area contributed by atoms with Gasteiger partial charge in [-0.3, -0.25) is 14.9 Å². The Morgan fingerprint density at radius 2 is 1.83 bits per heavy atom. The van der Waals surface area contributed by atoms with Gasteiger partial charge in [-0.15, -0.1) is 0 Å². The number of imide groups is 2. The summed E-state index contributed by atoms with van der Waals surface area (Å²) in [7, 11) is 1.30. The summed E-state index contributed by atoms with van der Waals surface area (Å²) in [5.74, 6) is -2.58. The van der Waals surface area contributed by atoms with Crippen LogP contribution in [0.5, 0.6) is 11.5 Å². The molecule has 0 radical (unpaired) electrons. The minimum Gasteiger partial charge on any atom is -0.545 e. The van der Waals surface area contributed by atoms with Crippen molar-refractivity contribution in [2.45, 2.75) is 6.92 Å². The van der Waals surface area contributed by atoms with Gasteiger partial charge in [0.2, 0.25) is 0 Å². The molecule has 1 N–H and O–H groups in total. The highest BCUT2D eigenvalue weighted by molar-refractivity contribution is 6.39. The Bertz CT molecular complexity index is 1060. The fourth-order valence-corrected chi connectivity index (χ4v) is 2.89. The summed E-state index contributed by atoms with van der Waals surface area (Å²) >= 11 is 0. The van der Waals surface area contributed by atoms with E-state index in [2.05, 4.69) is 5.32 Å². The number of ether oxygens (including phenoxy) is 2. The summed E-state index contributed by atoms with van der Waals surface area (Å²) in [6.45, 7) is 2.28. The SMILES string of the molecule is CCOc1ccc(N2C(=O)NC(=O)/C(=C/c3ccc(OC)c(C(=O)[O-])c3)C2=O)cc1. The van der Waals surface area contributed by atoms with Crippen LogP contribution >= 0.6 is 0 Å². The van der Waals surface area contributed by atoms with Crippen molar-refractivity contribution in [3.8, 4) is 11.5 Å². The largest absolute Gasteiger partial charge is 0.545 e. The molecule has 9 nitrogen and oxygen atoms in total. The topological polar surface area (TPSA) is 125 Å². The van der Waals surface area contributed by atoms with Crippen LogP contribution in [0.1, 0.15) is 22.8 Å². The fourth-order valence-electron chi connectivity index (χ4n) is 2.89. The van der Waals surface area contributed by atoms with Gasteiger partial charge in [0.05, 0.1) is 25.4 Å². The van der Waals surface area contributed by atoms with Crippen molar-refractivity contribution in [3.63, 3.8) is 0 Å². The summed E-state index contributed by atoms with van der Waals surface area (Å²) in [6.07, 6.45) is 1.19. The Labute approximate surface area is 171 Å². The fraction of sp³-hybridized carbons (Fsp3) is 0.143. The second-order valence-corrected chi connectivity index (χ2v) is 6.13. The minimum absolute atomic E-state index is 0.0720. The van der Waals surface area contributed by atoms with Gasteiger partial charge in [0.25, 0.3) is 11.8 Å². The molecular formula is C21H17N2O7-. The number of rotatable bonds is 6. The summed E-state index contributed by atoms with van der Waals surface area (Å²) < 4.78 is 10.3. The van der Waals surface area contributed by atoms with Crippen LogP contribution < -0.4 is 24.8 Å². The molecule has 1 saturated heterocycles. The van der Waals surface area contributed by atoms with Crippen LogP contribution in [-0.2, 0) is 9.59 Å². The Hall–Kier alpha value is -4.14. The van der Waals surface area contributed by atoms with Crippen LogP contribution in [0.4, 0.5) is 10.5 Å². The first-order valence-electron chi connectivity index (χ1n) is 8.89. The molecule has 2 aromatic carbocycles. The van der Waals surface area contributed by atoms with E-state index in [0.717, 1.165) is 4.90 Å². The smallest absolute Gasteiger partial charge is 0.335 e. The molecule has 2 aromatic rings. The number of hydrogen-bond donors (Lipinski definition) is 1. The monoisotopic (exact) mass is 409 g/mol. The van der Waals surface area contributed by atoms with Gasteiger partial charge >= 0.3 is 6.03 Å². The molecule has 30 heavy (non-hydrogen) atoms. The Morgan fingerprint density at radius 1 is 1.13 bits per heavy atom. The first-order chi connectivity index (χ1) is 14.3. The van der Waals surface area contributed by atoms with Crippen molar-refractivity contribution in [2.75, 3.05) is 18.6 Å². The van der Waals surface area contributed by atoms with Crippen molar-refractivity contribution in [1.29, 1.82) is 0 Å². The maximum atomic E-state index is 12.9. The maximum absolute atomic E-state index is 12.9. The molecule has 1 aliphatic heterocycles. The van der Waals surface area contributed by atoms with Gasteiger partial charge in [0.1, 0.15) is 17.1 Å². The molecule has 0 atom stereocenters. The molecule has 0 unspecified atom stereocenters. The maximum Gasteiger partial charge on any atom is 0.335 e. The van der Waals surface area contributed by atoms with Crippen molar-refractivity contribution in [2.24, 2.45) is 0 Å². The third-order valence-corrected chi connectivity index (χ3v) is 4.26. The van der Waals surface area contributed by atoms with E-state index in [4.69, 9.17) is 9.47 Å². The highest BCUT2D eigenvalue weighted by Crippen LogP contribution is 2.25. The number of benzene rings is 2. The van der Waals surface area contributed by atoms with Gasteiger partial charge in [-0.25, -0.2) is 9.69 Å². The zero-order valence-corrected chi connectivity index (χ0v) is 16.1. The molecule has 1 aliphatic rings. The molecule has 4 amide bonds. The standard InChI is InChI=1S/C21H18N2O7/c1-3-30-14-7-5-13(6-8-14)23-19(25)16(18(24)22-21(23)28)11-12-4-9-17(29-2)15(10-12)20(26)27/h4-11H,3H2,1-2H3,(H,26,27)(H,22,24,28)/p-1/b16-11-. The molecular weight excluding hydrogens is 392 g/mol. The number of aromatic carboxylic acids is 1. The first kappa shape index (κ1) is 20.6. The number of carbonyl (C=O) groups is 4. The van der Waals surface area contributed by atoms with Crippen molar-refractivity contribution < 1.29 is 33.8 Å². The van der Waals surface area contributed by atoms with Crippen LogP contribution in [-0.4, -0.2) is 37.5 Å². The van der Waals surface area contributed by atoms with Gasteiger partial charge in [0.15, 0.2) is 0 Å². The molecule has 9 heteroatoms. The van der Waals surface area contributed by atoms with E-state index in [9.17, 15) is 24.3 Å². The van der Waals surface area contributed by atoms with Gasteiger partial charge in [-0.05, 0) is 55.0 Å². The number of urea groups is 1. The van der Waals surface area contributed by atoms with E-state index in [1.54, 1.807) is 12.1 Å². The number of nitrogens with zero attached hydrogens (tertiary/aromatic N) is 1.